The van der Waals surface area contributed by atoms with E-state index in [1.54, 1.807) is 19.1 Å². The summed E-state index contributed by atoms with van der Waals surface area (Å²) in [5.74, 6) is -0.220. The Kier molecular flexibility index (Phi) is 14.6. The number of unbranched alkanes of at least 4 members (excludes halogenated alkanes) is 1. The largest absolute Gasteiger partial charge is 0.452 e. The highest BCUT2D eigenvalue weighted by atomic mass is 35.5. The molecule has 1 heterocycles. The van der Waals surface area contributed by atoms with Crippen LogP contribution in [-0.2, 0) is 4.79 Å². The molecule has 4 nitrogen and oxygen atoms in total. The van der Waals surface area contributed by atoms with Crippen LogP contribution in [0.25, 0.3) is 17.7 Å². The Hall–Kier alpha value is -3.95. The molecule has 0 fully saturated rings. The van der Waals surface area contributed by atoms with Gasteiger partial charge in [0.15, 0.2) is 11.5 Å². The Morgan fingerprint density at radius 2 is 1.67 bits per heavy atom. The number of aliphatic hydroxyl groups excluding tert-OH is 1. The minimum Gasteiger partial charge on any atom is -0.452 e. The summed E-state index contributed by atoms with van der Waals surface area (Å²) >= 11 is 6.11. The molecule has 256 valence electrons. The van der Waals surface area contributed by atoms with E-state index in [2.05, 4.69) is 65.3 Å². The highest BCUT2D eigenvalue weighted by Gasteiger charge is 2.31. The number of allylic oxidation sites excluding steroid dienone is 10. The molecule has 0 unspecified atom stereocenters. The topological polar surface area (TPSA) is 67.5 Å². The SMILES string of the molecule is C=C=C(C)\C(=C/C=C(C)/C(=C/CCC)CC(C)(C)C(=C)C(=O)c1cc(=C)/c(=C(\C=C(/C)c2ccc(Cl)cc2)C(C)(C)C)o1)C(=O)CCO. The Balaban J connectivity index is 2.54. The number of hydrogen-bond donors (Lipinski definition) is 1. The maximum Gasteiger partial charge on any atom is 0.224 e. The number of carbonyl (C=O) groups is 2. The predicted molar refractivity (Wildman–Crippen MR) is 203 cm³/mol. The third kappa shape index (κ3) is 10.8. The van der Waals surface area contributed by atoms with Gasteiger partial charge in [-0.15, -0.1) is 5.73 Å². The summed E-state index contributed by atoms with van der Waals surface area (Å²) in [6.07, 6.45) is 10.4. The molecule has 1 aromatic heterocycles. The van der Waals surface area contributed by atoms with Crippen LogP contribution in [-0.4, -0.2) is 23.3 Å². The second kappa shape index (κ2) is 17.4. The quantitative estimate of drug-likeness (QED) is 0.0888. The first-order chi connectivity index (χ1) is 22.4. The standard InChI is InChI=1S/C43H53ClO4/c1-13-15-16-34(29(4)17-22-36(28(3)14-2)38(46)23-24-45)27-43(11,12)32(7)40(47)39-26-31(6)41(48-39)37(42(8,9)10)25-30(5)33-18-20-35(44)21-19-33/h16-22,25-26,45H,2,6-7,13,15,23-24,27H2,1,3-5,8-12H3/b29-17+,30-25+,34-16+,36-22+,41-37-. The molecule has 0 aliphatic rings. The molecular weight excluding hydrogens is 616 g/mol. The molecule has 0 saturated carbocycles. The fourth-order valence-electron chi connectivity index (χ4n) is 5.21. The number of aliphatic hydroxyl groups is 1. The zero-order valence-corrected chi connectivity index (χ0v) is 31.2. The number of benzene rings is 1. The number of hydrogen-bond acceptors (Lipinski definition) is 4. The summed E-state index contributed by atoms with van der Waals surface area (Å²) in [7, 11) is 0. The molecule has 0 atom stereocenters. The van der Waals surface area contributed by atoms with E-state index in [1.807, 2.05) is 58.0 Å². The lowest BCUT2D eigenvalue weighted by Gasteiger charge is -2.28. The molecule has 0 bridgehead atoms. The minimum atomic E-state index is -0.613. The van der Waals surface area contributed by atoms with Gasteiger partial charge < -0.3 is 9.52 Å². The highest BCUT2D eigenvalue weighted by Crippen LogP contribution is 2.37. The minimum absolute atomic E-state index is 0.0297. The van der Waals surface area contributed by atoms with Crippen molar-refractivity contribution in [2.45, 2.75) is 88.0 Å². The van der Waals surface area contributed by atoms with E-state index >= 15 is 0 Å². The number of furan rings is 1. The van der Waals surface area contributed by atoms with Gasteiger partial charge in [0.05, 0.1) is 6.61 Å². The lowest BCUT2D eigenvalue weighted by molar-refractivity contribution is -0.115. The molecule has 5 heteroatoms. The van der Waals surface area contributed by atoms with E-state index in [-0.39, 0.29) is 35.8 Å². The first-order valence-electron chi connectivity index (χ1n) is 16.5. The number of halogens is 1. The van der Waals surface area contributed by atoms with E-state index in [1.165, 1.54) is 0 Å². The summed E-state index contributed by atoms with van der Waals surface area (Å²) in [4.78, 5) is 26.6. The van der Waals surface area contributed by atoms with Gasteiger partial charge in [0.1, 0.15) is 5.42 Å². The van der Waals surface area contributed by atoms with Gasteiger partial charge in [0, 0.05) is 39.0 Å². The second-order valence-electron chi connectivity index (χ2n) is 14.0. The van der Waals surface area contributed by atoms with Crippen LogP contribution in [0.5, 0.6) is 0 Å². The van der Waals surface area contributed by atoms with Crippen LogP contribution in [0.1, 0.15) is 104 Å². The highest BCUT2D eigenvalue weighted by molar-refractivity contribution is 6.30. The van der Waals surface area contributed by atoms with E-state index in [0.717, 1.165) is 40.7 Å². The number of ketones is 2. The Morgan fingerprint density at radius 1 is 1.04 bits per heavy atom. The second-order valence-corrected chi connectivity index (χ2v) is 14.4. The van der Waals surface area contributed by atoms with Crippen LogP contribution in [0.3, 0.4) is 0 Å². The van der Waals surface area contributed by atoms with E-state index < -0.39 is 5.41 Å². The zero-order chi connectivity index (χ0) is 36.4. The lowest BCUT2D eigenvalue weighted by atomic mass is 9.75. The summed E-state index contributed by atoms with van der Waals surface area (Å²) in [5.41, 5.74) is 9.02. The Morgan fingerprint density at radius 3 is 2.21 bits per heavy atom. The van der Waals surface area contributed by atoms with Crippen LogP contribution in [0.4, 0.5) is 0 Å². The molecule has 2 aromatic rings. The normalized spacial score (nSPS) is 14.1. The van der Waals surface area contributed by atoms with Gasteiger partial charge in [0.25, 0.3) is 0 Å². The van der Waals surface area contributed by atoms with Gasteiger partial charge in [-0.05, 0) is 84.9 Å². The molecule has 0 aliphatic carbocycles. The summed E-state index contributed by atoms with van der Waals surface area (Å²) in [6, 6.07) is 9.40. The fraction of sp³-hybridized carbons (Fsp3) is 0.372. The maximum absolute atomic E-state index is 14.0. The van der Waals surface area contributed by atoms with E-state index in [0.29, 0.717) is 38.8 Å². The van der Waals surface area contributed by atoms with Crippen molar-refractivity contribution in [3.63, 3.8) is 0 Å². The van der Waals surface area contributed by atoms with Crippen molar-refractivity contribution in [1.82, 2.24) is 0 Å². The predicted octanol–water partition coefficient (Wildman–Crippen LogP) is 10.1. The first-order valence-corrected chi connectivity index (χ1v) is 16.9. The van der Waals surface area contributed by atoms with Crippen LogP contribution < -0.4 is 10.6 Å². The van der Waals surface area contributed by atoms with Crippen molar-refractivity contribution in [3.05, 3.63) is 128 Å². The van der Waals surface area contributed by atoms with E-state index in [4.69, 9.17) is 16.0 Å². The van der Waals surface area contributed by atoms with Crippen molar-refractivity contribution in [3.8, 4) is 0 Å². The van der Waals surface area contributed by atoms with Gasteiger partial charge in [-0.1, -0.05) is 116 Å². The molecular formula is C43H53ClO4. The van der Waals surface area contributed by atoms with Crippen LogP contribution in [0.15, 0.2) is 106 Å². The van der Waals surface area contributed by atoms with Crippen LogP contribution in [0, 0.1) is 10.8 Å². The summed E-state index contributed by atoms with van der Waals surface area (Å²) < 4.78 is 6.32. The van der Waals surface area contributed by atoms with Gasteiger partial charge in [-0.25, -0.2) is 0 Å². The van der Waals surface area contributed by atoms with Gasteiger partial charge in [-0.3, -0.25) is 9.59 Å². The molecule has 0 amide bonds. The molecule has 1 aromatic carbocycles. The summed E-state index contributed by atoms with van der Waals surface area (Å²) in [5, 5.41) is 10.6. The van der Waals surface area contributed by atoms with Gasteiger partial charge in [-0.2, -0.15) is 0 Å². The Bertz CT molecular complexity index is 1810. The molecule has 1 N–H and O–H groups in total. The molecule has 2 rings (SSSR count). The average Bonchev–Trinajstić information content (AvgIpc) is 3.41. The van der Waals surface area contributed by atoms with Crippen molar-refractivity contribution in [2.24, 2.45) is 10.8 Å². The van der Waals surface area contributed by atoms with Crippen LogP contribution in [0.2, 0.25) is 5.02 Å². The monoisotopic (exact) mass is 668 g/mol. The molecule has 48 heavy (non-hydrogen) atoms. The number of carbonyl (C=O) groups excluding carboxylic acids is 2. The fourth-order valence-corrected chi connectivity index (χ4v) is 5.33. The molecule has 0 saturated heterocycles. The first kappa shape index (κ1) is 40.2. The smallest absolute Gasteiger partial charge is 0.224 e. The van der Waals surface area contributed by atoms with Crippen molar-refractivity contribution >= 4 is 40.9 Å². The third-order valence-electron chi connectivity index (χ3n) is 8.46. The number of Topliss-reactive ketones (excluding diaryl/α,β-unsaturated/α-hetero) is 2. The van der Waals surface area contributed by atoms with Crippen molar-refractivity contribution < 1.29 is 19.1 Å². The third-order valence-corrected chi connectivity index (χ3v) is 8.72. The van der Waals surface area contributed by atoms with Gasteiger partial charge in [0.2, 0.25) is 5.78 Å². The Labute approximate surface area is 293 Å². The average molecular weight is 669 g/mol. The summed E-state index contributed by atoms with van der Waals surface area (Å²) in [6.45, 7) is 30.2. The molecule has 0 aliphatic heterocycles. The molecule has 0 spiro atoms. The molecule has 0 radical (unpaired) electrons. The van der Waals surface area contributed by atoms with Crippen molar-refractivity contribution in [2.75, 3.05) is 6.61 Å². The van der Waals surface area contributed by atoms with E-state index in [9.17, 15) is 14.7 Å². The lowest BCUT2D eigenvalue weighted by Crippen LogP contribution is -2.26. The van der Waals surface area contributed by atoms with Crippen LogP contribution >= 0.6 is 11.6 Å². The van der Waals surface area contributed by atoms with Crippen molar-refractivity contribution in [1.29, 1.82) is 0 Å². The van der Waals surface area contributed by atoms with Gasteiger partial charge >= 0.3 is 0 Å². The number of rotatable bonds is 15. The maximum atomic E-state index is 14.0. The zero-order valence-electron chi connectivity index (χ0n) is 30.4.